The number of hydrogen-bond acceptors (Lipinski definition) is 6. The Bertz CT molecular complexity index is 523. The third-order valence-corrected chi connectivity index (χ3v) is 2.43. The number of aromatic nitrogens is 3. The first-order valence-electron chi connectivity index (χ1n) is 5.65. The van der Waals surface area contributed by atoms with E-state index in [0.29, 0.717) is 18.2 Å². The lowest BCUT2D eigenvalue weighted by molar-refractivity contribution is 1.01. The molecule has 0 aliphatic carbocycles. The summed E-state index contributed by atoms with van der Waals surface area (Å²) in [7, 11) is 0. The molecular formula is C12H16N6. The Labute approximate surface area is 106 Å². The summed E-state index contributed by atoms with van der Waals surface area (Å²) >= 11 is 0. The molecule has 2 aromatic rings. The molecule has 0 bridgehead atoms. The van der Waals surface area contributed by atoms with Crippen LogP contribution in [0.25, 0.3) is 0 Å². The number of hydrogen-bond donors (Lipinski definition) is 3. The number of hydrazine groups is 1. The molecule has 0 atom stereocenters. The van der Waals surface area contributed by atoms with Crippen molar-refractivity contribution in [3.63, 3.8) is 0 Å². The number of nitrogen functional groups attached to an aromatic ring is 1. The highest BCUT2D eigenvalue weighted by molar-refractivity contribution is 5.47. The zero-order valence-electron chi connectivity index (χ0n) is 10.4. The van der Waals surface area contributed by atoms with Crippen LogP contribution in [0.4, 0.5) is 11.6 Å². The Morgan fingerprint density at radius 3 is 2.61 bits per heavy atom. The predicted octanol–water partition coefficient (Wildman–Crippen LogP) is 1.39. The maximum absolute atomic E-state index is 5.33. The summed E-state index contributed by atoms with van der Waals surface area (Å²) < 4.78 is 0. The number of rotatable bonds is 4. The quantitative estimate of drug-likeness (QED) is 0.556. The van der Waals surface area contributed by atoms with Crippen LogP contribution in [-0.4, -0.2) is 15.0 Å². The maximum atomic E-state index is 5.33. The molecule has 0 aromatic carbocycles. The summed E-state index contributed by atoms with van der Waals surface area (Å²) in [5.74, 6) is 7.32. The number of nitrogens with zero attached hydrogens (tertiary/aromatic N) is 3. The van der Waals surface area contributed by atoms with E-state index in [4.69, 9.17) is 5.84 Å². The molecule has 2 heterocycles. The van der Waals surface area contributed by atoms with E-state index in [-0.39, 0.29) is 0 Å². The molecule has 18 heavy (non-hydrogen) atoms. The van der Waals surface area contributed by atoms with Gasteiger partial charge in [0.25, 0.3) is 0 Å². The SMILES string of the molecule is Cc1ccc(CNc2cc(NN)nc(C)n2)cn1. The van der Waals surface area contributed by atoms with Gasteiger partial charge in [0.2, 0.25) is 0 Å². The van der Waals surface area contributed by atoms with Gasteiger partial charge in [0, 0.05) is 24.5 Å². The van der Waals surface area contributed by atoms with Crippen LogP contribution >= 0.6 is 0 Å². The molecule has 0 saturated carbocycles. The lowest BCUT2D eigenvalue weighted by Gasteiger charge is -2.08. The van der Waals surface area contributed by atoms with Crippen molar-refractivity contribution >= 4 is 11.6 Å². The second-order valence-electron chi connectivity index (χ2n) is 3.99. The molecule has 0 radical (unpaired) electrons. The van der Waals surface area contributed by atoms with Gasteiger partial charge in [-0.3, -0.25) is 4.98 Å². The van der Waals surface area contributed by atoms with Crippen LogP contribution in [0, 0.1) is 13.8 Å². The molecule has 0 unspecified atom stereocenters. The zero-order valence-corrected chi connectivity index (χ0v) is 10.4. The lowest BCUT2D eigenvalue weighted by Crippen LogP contribution is -2.11. The molecule has 94 valence electrons. The van der Waals surface area contributed by atoms with Gasteiger partial charge >= 0.3 is 0 Å². The minimum atomic E-state index is 0.590. The number of anilines is 2. The highest BCUT2D eigenvalue weighted by atomic mass is 15.3. The Morgan fingerprint density at radius 2 is 1.94 bits per heavy atom. The van der Waals surface area contributed by atoms with E-state index in [2.05, 4.69) is 25.7 Å². The Morgan fingerprint density at radius 1 is 1.17 bits per heavy atom. The summed E-state index contributed by atoms with van der Waals surface area (Å²) in [6.45, 7) is 4.44. The first-order valence-corrected chi connectivity index (χ1v) is 5.65. The first kappa shape index (κ1) is 12.3. The van der Waals surface area contributed by atoms with Gasteiger partial charge in [-0.25, -0.2) is 15.8 Å². The van der Waals surface area contributed by atoms with Gasteiger partial charge in [-0.1, -0.05) is 6.07 Å². The molecule has 2 aromatic heterocycles. The number of nitrogens with one attached hydrogen (secondary N) is 2. The fourth-order valence-electron chi connectivity index (χ4n) is 1.53. The fraction of sp³-hybridized carbons (Fsp3) is 0.250. The second kappa shape index (κ2) is 5.42. The summed E-state index contributed by atoms with van der Waals surface area (Å²) in [6, 6.07) is 5.77. The van der Waals surface area contributed by atoms with Crippen LogP contribution in [0.15, 0.2) is 24.4 Å². The predicted molar refractivity (Wildman–Crippen MR) is 70.9 cm³/mol. The molecule has 6 heteroatoms. The van der Waals surface area contributed by atoms with E-state index in [9.17, 15) is 0 Å². The minimum Gasteiger partial charge on any atom is -0.366 e. The van der Waals surface area contributed by atoms with Crippen molar-refractivity contribution in [3.8, 4) is 0 Å². The standard InChI is InChI=1S/C12H16N6/c1-8-3-4-10(6-14-8)7-15-11-5-12(18-13)17-9(2)16-11/h3-6H,7,13H2,1-2H3,(H2,15,16,17,18). The van der Waals surface area contributed by atoms with E-state index in [1.807, 2.05) is 32.2 Å². The lowest BCUT2D eigenvalue weighted by atomic mass is 10.2. The first-order chi connectivity index (χ1) is 8.67. The monoisotopic (exact) mass is 244 g/mol. The maximum Gasteiger partial charge on any atom is 0.145 e. The normalized spacial score (nSPS) is 10.2. The molecule has 4 N–H and O–H groups in total. The van der Waals surface area contributed by atoms with Crippen molar-refractivity contribution in [2.45, 2.75) is 20.4 Å². The van der Waals surface area contributed by atoms with Gasteiger partial charge in [-0.05, 0) is 25.5 Å². The van der Waals surface area contributed by atoms with Crippen molar-refractivity contribution in [3.05, 3.63) is 41.5 Å². The van der Waals surface area contributed by atoms with E-state index in [1.54, 1.807) is 6.07 Å². The zero-order chi connectivity index (χ0) is 13.0. The van der Waals surface area contributed by atoms with Crippen molar-refractivity contribution < 1.29 is 0 Å². The summed E-state index contributed by atoms with van der Waals surface area (Å²) in [4.78, 5) is 12.6. The van der Waals surface area contributed by atoms with Gasteiger partial charge in [0.1, 0.15) is 17.5 Å². The smallest absolute Gasteiger partial charge is 0.145 e. The van der Waals surface area contributed by atoms with Crippen molar-refractivity contribution in [2.24, 2.45) is 5.84 Å². The molecule has 0 saturated heterocycles. The highest BCUT2D eigenvalue weighted by Gasteiger charge is 2.00. The van der Waals surface area contributed by atoms with E-state index >= 15 is 0 Å². The van der Waals surface area contributed by atoms with Crippen LogP contribution in [0.3, 0.4) is 0 Å². The second-order valence-corrected chi connectivity index (χ2v) is 3.99. The molecule has 0 aliphatic rings. The van der Waals surface area contributed by atoms with E-state index < -0.39 is 0 Å². The van der Waals surface area contributed by atoms with Crippen LogP contribution in [0.1, 0.15) is 17.1 Å². The van der Waals surface area contributed by atoms with Crippen LogP contribution in [-0.2, 0) is 6.54 Å². The largest absolute Gasteiger partial charge is 0.366 e. The highest BCUT2D eigenvalue weighted by Crippen LogP contribution is 2.11. The average molecular weight is 244 g/mol. The summed E-state index contributed by atoms with van der Waals surface area (Å²) in [5.41, 5.74) is 4.61. The molecule has 0 fully saturated rings. The topological polar surface area (TPSA) is 88.8 Å². The average Bonchev–Trinajstić information content (AvgIpc) is 2.37. The minimum absolute atomic E-state index is 0.590. The van der Waals surface area contributed by atoms with Crippen molar-refractivity contribution in [1.29, 1.82) is 0 Å². The van der Waals surface area contributed by atoms with Crippen molar-refractivity contribution in [2.75, 3.05) is 10.7 Å². The third kappa shape index (κ3) is 3.14. The van der Waals surface area contributed by atoms with Crippen LogP contribution in [0.2, 0.25) is 0 Å². The Hall–Kier alpha value is -2.21. The Balaban J connectivity index is 2.05. The summed E-state index contributed by atoms with van der Waals surface area (Å²) in [5, 5.41) is 3.21. The number of aryl methyl sites for hydroxylation is 2. The number of nitrogens with two attached hydrogens (primary N) is 1. The van der Waals surface area contributed by atoms with Crippen LogP contribution in [0.5, 0.6) is 0 Å². The van der Waals surface area contributed by atoms with Gasteiger partial charge in [-0.15, -0.1) is 0 Å². The van der Waals surface area contributed by atoms with Gasteiger partial charge < -0.3 is 10.7 Å². The molecule has 0 amide bonds. The third-order valence-electron chi connectivity index (χ3n) is 2.43. The molecule has 2 rings (SSSR count). The van der Waals surface area contributed by atoms with Crippen molar-refractivity contribution in [1.82, 2.24) is 15.0 Å². The molecule has 0 spiro atoms. The van der Waals surface area contributed by atoms with Gasteiger partial charge in [0.05, 0.1) is 0 Å². The molecule has 0 aliphatic heterocycles. The van der Waals surface area contributed by atoms with Gasteiger partial charge in [0.15, 0.2) is 0 Å². The van der Waals surface area contributed by atoms with E-state index in [1.165, 1.54) is 0 Å². The van der Waals surface area contributed by atoms with E-state index in [0.717, 1.165) is 17.1 Å². The molecule has 6 nitrogen and oxygen atoms in total. The number of pyridine rings is 1. The fourth-order valence-corrected chi connectivity index (χ4v) is 1.53. The summed E-state index contributed by atoms with van der Waals surface area (Å²) in [6.07, 6.45) is 1.85. The van der Waals surface area contributed by atoms with Crippen LogP contribution < -0.4 is 16.6 Å². The molecular weight excluding hydrogens is 228 g/mol. The Kier molecular flexibility index (Phi) is 3.69. The van der Waals surface area contributed by atoms with Gasteiger partial charge in [-0.2, -0.15) is 0 Å².